The molecule has 19 heavy (non-hydrogen) atoms. The molecule has 1 fully saturated rings. The summed E-state index contributed by atoms with van der Waals surface area (Å²) in [7, 11) is 0. The molecule has 1 amide bonds. The second kappa shape index (κ2) is 6.04. The third-order valence-corrected chi connectivity index (χ3v) is 5.18. The van der Waals surface area contributed by atoms with Crippen molar-refractivity contribution in [3.63, 3.8) is 0 Å². The van der Waals surface area contributed by atoms with Gasteiger partial charge in [-0.15, -0.1) is 0 Å². The van der Waals surface area contributed by atoms with Gasteiger partial charge in [-0.3, -0.25) is 4.79 Å². The minimum atomic E-state index is -0.274. The fraction of sp³-hybridized carbons (Fsp3) is 0.533. The second-order valence-electron chi connectivity index (χ2n) is 5.49. The number of amides is 1. The molecule has 1 aliphatic rings. The molecule has 4 heteroatoms. The van der Waals surface area contributed by atoms with E-state index in [9.17, 15) is 9.18 Å². The SMILES string of the molecule is Cc1cc(C(=O)NCC2(CBr)CCCC2)ccc1F. The van der Waals surface area contributed by atoms with Crippen LogP contribution in [0.15, 0.2) is 18.2 Å². The van der Waals surface area contributed by atoms with E-state index in [0.717, 1.165) is 18.2 Å². The summed E-state index contributed by atoms with van der Waals surface area (Å²) >= 11 is 3.56. The molecule has 1 saturated carbocycles. The molecule has 1 aromatic carbocycles. The molecule has 0 unspecified atom stereocenters. The minimum absolute atomic E-state index is 0.115. The second-order valence-corrected chi connectivity index (χ2v) is 6.05. The van der Waals surface area contributed by atoms with Gasteiger partial charge in [0.2, 0.25) is 0 Å². The molecule has 1 aliphatic carbocycles. The van der Waals surface area contributed by atoms with Crippen molar-refractivity contribution < 1.29 is 9.18 Å². The Balaban J connectivity index is 1.99. The number of benzene rings is 1. The highest BCUT2D eigenvalue weighted by Crippen LogP contribution is 2.38. The number of nitrogens with one attached hydrogen (secondary N) is 1. The van der Waals surface area contributed by atoms with Gasteiger partial charge < -0.3 is 5.32 Å². The molecule has 0 atom stereocenters. The number of carbonyl (C=O) groups excluding carboxylic acids is 1. The van der Waals surface area contributed by atoms with Gasteiger partial charge in [-0.25, -0.2) is 4.39 Å². The standard InChI is InChI=1S/C15H19BrFNO/c1-11-8-12(4-5-13(11)17)14(19)18-10-15(9-16)6-2-3-7-15/h4-5,8H,2-3,6-7,9-10H2,1H3,(H,18,19). The van der Waals surface area contributed by atoms with Crippen molar-refractivity contribution in [2.75, 3.05) is 11.9 Å². The maximum Gasteiger partial charge on any atom is 0.251 e. The maximum absolute atomic E-state index is 13.2. The molecule has 0 bridgehead atoms. The molecule has 2 nitrogen and oxygen atoms in total. The highest BCUT2D eigenvalue weighted by Gasteiger charge is 2.33. The lowest BCUT2D eigenvalue weighted by Crippen LogP contribution is -2.37. The summed E-state index contributed by atoms with van der Waals surface area (Å²) in [6, 6.07) is 4.48. The van der Waals surface area contributed by atoms with Gasteiger partial charge >= 0.3 is 0 Å². The van der Waals surface area contributed by atoms with Gasteiger partial charge in [0, 0.05) is 17.4 Å². The van der Waals surface area contributed by atoms with E-state index in [1.165, 1.54) is 25.0 Å². The molecular formula is C15H19BrFNO. The van der Waals surface area contributed by atoms with Crippen LogP contribution in [0.25, 0.3) is 0 Å². The van der Waals surface area contributed by atoms with Gasteiger partial charge in [-0.05, 0) is 48.9 Å². The Morgan fingerprint density at radius 1 is 1.42 bits per heavy atom. The van der Waals surface area contributed by atoms with Crippen LogP contribution >= 0.6 is 15.9 Å². The number of halogens is 2. The smallest absolute Gasteiger partial charge is 0.251 e. The van der Waals surface area contributed by atoms with Crippen LogP contribution in [0.5, 0.6) is 0 Å². The van der Waals surface area contributed by atoms with Crippen LogP contribution in [0.1, 0.15) is 41.6 Å². The Hall–Kier alpha value is -0.900. The van der Waals surface area contributed by atoms with E-state index in [1.54, 1.807) is 13.0 Å². The highest BCUT2D eigenvalue weighted by atomic mass is 79.9. The molecule has 2 rings (SSSR count). The Morgan fingerprint density at radius 3 is 2.68 bits per heavy atom. The van der Waals surface area contributed by atoms with Gasteiger partial charge in [0.1, 0.15) is 5.82 Å². The number of hydrogen-bond acceptors (Lipinski definition) is 1. The molecule has 0 saturated heterocycles. The fourth-order valence-electron chi connectivity index (χ4n) is 2.64. The molecule has 1 N–H and O–H groups in total. The summed E-state index contributed by atoms with van der Waals surface area (Å²) in [6.07, 6.45) is 4.77. The van der Waals surface area contributed by atoms with E-state index >= 15 is 0 Å². The summed E-state index contributed by atoms with van der Waals surface area (Å²) in [5.74, 6) is -0.389. The van der Waals surface area contributed by atoms with E-state index in [4.69, 9.17) is 0 Å². The first-order valence-electron chi connectivity index (χ1n) is 6.67. The van der Waals surface area contributed by atoms with Crippen LogP contribution in [0, 0.1) is 18.2 Å². The first kappa shape index (κ1) is 14.5. The van der Waals surface area contributed by atoms with Crippen LogP contribution in [0.3, 0.4) is 0 Å². The maximum atomic E-state index is 13.2. The first-order chi connectivity index (χ1) is 9.06. The van der Waals surface area contributed by atoms with Gasteiger partial charge in [-0.2, -0.15) is 0 Å². The third-order valence-electron chi connectivity index (χ3n) is 3.99. The predicted octanol–water partition coefficient (Wildman–Crippen LogP) is 3.82. The summed E-state index contributed by atoms with van der Waals surface area (Å²) < 4.78 is 13.2. The van der Waals surface area contributed by atoms with Crippen molar-refractivity contribution in [2.24, 2.45) is 5.41 Å². The summed E-state index contributed by atoms with van der Waals surface area (Å²) in [6.45, 7) is 2.36. The van der Waals surface area contributed by atoms with Gasteiger partial charge in [0.05, 0.1) is 0 Å². The Kier molecular flexibility index (Phi) is 4.61. The van der Waals surface area contributed by atoms with Gasteiger partial charge in [0.25, 0.3) is 5.91 Å². The quantitative estimate of drug-likeness (QED) is 0.837. The van der Waals surface area contributed by atoms with Crippen molar-refractivity contribution in [2.45, 2.75) is 32.6 Å². The van der Waals surface area contributed by atoms with Crippen molar-refractivity contribution in [3.8, 4) is 0 Å². The van der Waals surface area contributed by atoms with E-state index < -0.39 is 0 Å². The van der Waals surface area contributed by atoms with E-state index in [1.807, 2.05) is 0 Å². The zero-order valence-electron chi connectivity index (χ0n) is 11.1. The molecular weight excluding hydrogens is 309 g/mol. The monoisotopic (exact) mass is 327 g/mol. The lowest BCUT2D eigenvalue weighted by molar-refractivity contribution is 0.0935. The number of carbonyl (C=O) groups is 1. The fourth-order valence-corrected chi connectivity index (χ4v) is 3.40. The summed E-state index contributed by atoms with van der Waals surface area (Å²) in [5, 5.41) is 3.91. The molecule has 0 heterocycles. The van der Waals surface area contributed by atoms with Crippen LogP contribution in [-0.4, -0.2) is 17.8 Å². The van der Waals surface area contributed by atoms with Gasteiger partial charge in [0.15, 0.2) is 0 Å². The van der Waals surface area contributed by atoms with Crippen LogP contribution in [-0.2, 0) is 0 Å². The molecule has 1 aromatic rings. The lowest BCUT2D eigenvalue weighted by Gasteiger charge is -2.26. The normalized spacial score (nSPS) is 17.4. The molecule has 0 spiro atoms. The average molecular weight is 328 g/mol. The first-order valence-corrected chi connectivity index (χ1v) is 7.79. The number of hydrogen-bond donors (Lipinski definition) is 1. The lowest BCUT2D eigenvalue weighted by atomic mass is 9.89. The van der Waals surface area contributed by atoms with E-state index in [2.05, 4.69) is 21.2 Å². The topological polar surface area (TPSA) is 29.1 Å². The van der Waals surface area contributed by atoms with E-state index in [-0.39, 0.29) is 17.1 Å². The van der Waals surface area contributed by atoms with Crippen LogP contribution in [0.4, 0.5) is 4.39 Å². The largest absolute Gasteiger partial charge is 0.351 e. The number of alkyl halides is 1. The minimum Gasteiger partial charge on any atom is -0.351 e. The van der Waals surface area contributed by atoms with Crippen molar-refractivity contribution in [3.05, 3.63) is 35.1 Å². The number of aryl methyl sites for hydroxylation is 1. The zero-order valence-corrected chi connectivity index (χ0v) is 12.7. The molecule has 0 radical (unpaired) electrons. The van der Waals surface area contributed by atoms with Gasteiger partial charge in [-0.1, -0.05) is 28.8 Å². The average Bonchev–Trinajstić information content (AvgIpc) is 2.89. The summed E-state index contributed by atoms with van der Waals surface area (Å²) in [5.41, 5.74) is 1.23. The van der Waals surface area contributed by atoms with Crippen molar-refractivity contribution in [1.82, 2.24) is 5.32 Å². The third kappa shape index (κ3) is 3.35. The molecule has 0 aliphatic heterocycles. The van der Waals surface area contributed by atoms with Crippen molar-refractivity contribution >= 4 is 21.8 Å². The predicted molar refractivity (Wildman–Crippen MR) is 78.2 cm³/mol. The number of rotatable bonds is 4. The molecule has 104 valence electrons. The van der Waals surface area contributed by atoms with E-state index in [0.29, 0.717) is 17.7 Å². The van der Waals surface area contributed by atoms with Crippen molar-refractivity contribution in [1.29, 1.82) is 0 Å². The Bertz CT molecular complexity index is 469. The van der Waals surface area contributed by atoms with Crippen LogP contribution < -0.4 is 5.32 Å². The zero-order chi connectivity index (χ0) is 13.9. The summed E-state index contributed by atoms with van der Waals surface area (Å²) in [4.78, 5) is 12.1. The van der Waals surface area contributed by atoms with Crippen LogP contribution in [0.2, 0.25) is 0 Å². The Labute approximate surface area is 121 Å². The molecule has 0 aromatic heterocycles. The highest BCUT2D eigenvalue weighted by molar-refractivity contribution is 9.09. The Morgan fingerprint density at radius 2 is 2.11 bits per heavy atom.